The molecule has 0 unspecified atom stereocenters. The third kappa shape index (κ3) is 1.05. The Bertz CT molecular complexity index is 307. The van der Waals surface area contributed by atoms with Gasteiger partial charge in [-0.3, -0.25) is 0 Å². The van der Waals surface area contributed by atoms with Crippen LogP contribution in [0.25, 0.3) is 0 Å². The maximum Gasteiger partial charge on any atom is 0.130 e. The molecule has 64 valence electrons. The van der Waals surface area contributed by atoms with Crippen LogP contribution in [0.5, 0.6) is 0 Å². The number of hydrogen-bond acceptors (Lipinski definition) is 3. The van der Waals surface area contributed by atoms with Gasteiger partial charge in [0.1, 0.15) is 11.6 Å². The largest absolute Gasteiger partial charge is 0.383 e. The minimum absolute atomic E-state index is 0.703. The predicted molar refractivity (Wildman–Crippen MR) is 47.8 cm³/mol. The lowest BCUT2D eigenvalue weighted by molar-refractivity contribution is 0.878. The van der Waals surface area contributed by atoms with Crippen molar-refractivity contribution in [1.29, 1.82) is 0 Å². The minimum atomic E-state index is 0.703. The van der Waals surface area contributed by atoms with Crippen molar-refractivity contribution in [2.45, 2.75) is 32.6 Å². The molecular formula is C9H13N3. The summed E-state index contributed by atoms with van der Waals surface area (Å²) < 4.78 is 0. The molecule has 2 rings (SSSR count). The lowest BCUT2D eigenvalue weighted by Gasteiger charge is -2.03. The van der Waals surface area contributed by atoms with E-state index in [0.29, 0.717) is 5.82 Å². The first kappa shape index (κ1) is 7.53. The molecule has 12 heavy (non-hydrogen) atoms. The molecule has 0 saturated carbocycles. The van der Waals surface area contributed by atoms with Crippen LogP contribution in [0.1, 0.15) is 30.4 Å². The molecule has 0 aromatic carbocycles. The fourth-order valence-electron chi connectivity index (χ4n) is 1.67. The maximum atomic E-state index is 5.80. The summed E-state index contributed by atoms with van der Waals surface area (Å²) in [5, 5.41) is 0. The van der Waals surface area contributed by atoms with Gasteiger partial charge in [-0.2, -0.15) is 0 Å². The zero-order valence-corrected chi connectivity index (χ0v) is 7.30. The highest BCUT2D eigenvalue weighted by Crippen LogP contribution is 2.23. The van der Waals surface area contributed by atoms with Crippen molar-refractivity contribution >= 4 is 5.82 Å². The van der Waals surface area contributed by atoms with Gasteiger partial charge in [-0.1, -0.05) is 6.92 Å². The molecule has 1 heterocycles. The molecule has 3 nitrogen and oxygen atoms in total. The summed E-state index contributed by atoms with van der Waals surface area (Å²) in [6, 6.07) is 0. The second-order valence-electron chi connectivity index (χ2n) is 3.16. The number of rotatable bonds is 1. The summed E-state index contributed by atoms with van der Waals surface area (Å²) in [4.78, 5) is 8.67. The lowest BCUT2D eigenvalue weighted by atomic mass is 10.2. The monoisotopic (exact) mass is 163 g/mol. The number of nitrogen functional groups attached to an aromatic ring is 1. The van der Waals surface area contributed by atoms with Crippen molar-refractivity contribution in [3.63, 3.8) is 0 Å². The standard InChI is InChI=1S/C9H13N3/c1-2-8-11-7-5-3-4-6(7)9(10)12-8/h2-5H2,1H3,(H2,10,11,12). The average Bonchev–Trinajstić information content (AvgIpc) is 2.52. The van der Waals surface area contributed by atoms with Crippen LogP contribution in [0.2, 0.25) is 0 Å². The summed E-state index contributed by atoms with van der Waals surface area (Å²) >= 11 is 0. The molecule has 0 amide bonds. The molecule has 0 saturated heterocycles. The Morgan fingerprint density at radius 1 is 1.33 bits per heavy atom. The van der Waals surface area contributed by atoms with Crippen LogP contribution in [0.3, 0.4) is 0 Å². The summed E-state index contributed by atoms with van der Waals surface area (Å²) in [5.41, 5.74) is 8.16. The summed E-state index contributed by atoms with van der Waals surface area (Å²) in [6.45, 7) is 2.05. The Balaban J connectivity index is 2.51. The van der Waals surface area contributed by atoms with Crippen LogP contribution in [0.15, 0.2) is 0 Å². The number of nitrogens with two attached hydrogens (primary N) is 1. The van der Waals surface area contributed by atoms with E-state index in [1.165, 1.54) is 17.7 Å². The van der Waals surface area contributed by atoms with Gasteiger partial charge in [0.15, 0.2) is 0 Å². The van der Waals surface area contributed by atoms with Gasteiger partial charge in [-0.25, -0.2) is 9.97 Å². The maximum absolute atomic E-state index is 5.80. The van der Waals surface area contributed by atoms with E-state index in [0.717, 1.165) is 25.1 Å². The highest BCUT2D eigenvalue weighted by atomic mass is 15.0. The van der Waals surface area contributed by atoms with E-state index in [4.69, 9.17) is 5.73 Å². The van der Waals surface area contributed by atoms with Crippen LogP contribution < -0.4 is 5.73 Å². The van der Waals surface area contributed by atoms with Gasteiger partial charge in [-0.15, -0.1) is 0 Å². The SMILES string of the molecule is CCc1nc(N)c2c(n1)CCC2. The quantitative estimate of drug-likeness (QED) is 0.674. The summed E-state index contributed by atoms with van der Waals surface area (Å²) in [5.74, 6) is 1.59. The zero-order chi connectivity index (χ0) is 8.55. The summed E-state index contributed by atoms with van der Waals surface area (Å²) in [6.07, 6.45) is 4.19. The van der Waals surface area contributed by atoms with Gasteiger partial charge in [-0.05, 0) is 19.3 Å². The van der Waals surface area contributed by atoms with E-state index in [2.05, 4.69) is 16.9 Å². The number of aryl methyl sites for hydroxylation is 2. The number of aromatic nitrogens is 2. The van der Waals surface area contributed by atoms with Gasteiger partial charge in [0, 0.05) is 17.7 Å². The molecule has 0 atom stereocenters. The molecule has 3 heteroatoms. The van der Waals surface area contributed by atoms with E-state index in [1.807, 2.05) is 0 Å². The first-order valence-corrected chi connectivity index (χ1v) is 4.45. The predicted octanol–water partition coefficient (Wildman–Crippen LogP) is 1.11. The summed E-state index contributed by atoms with van der Waals surface area (Å²) in [7, 11) is 0. The topological polar surface area (TPSA) is 51.8 Å². The molecule has 0 fully saturated rings. The van der Waals surface area contributed by atoms with Gasteiger partial charge < -0.3 is 5.73 Å². The third-order valence-corrected chi connectivity index (χ3v) is 2.33. The van der Waals surface area contributed by atoms with Crippen LogP contribution >= 0.6 is 0 Å². The fourth-order valence-corrected chi connectivity index (χ4v) is 1.67. The van der Waals surface area contributed by atoms with Crippen molar-refractivity contribution in [2.24, 2.45) is 0 Å². The molecule has 1 aromatic rings. The molecule has 2 N–H and O–H groups in total. The highest BCUT2D eigenvalue weighted by molar-refractivity contribution is 5.44. The Morgan fingerprint density at radius 3 is 2.92 bits per heavy atom. The van der Waals surface area contributed by atoms with Gasteiger partial charge in [0.25, 0.3) is 0 Å². The Hall–Kier alpha value is -1.12. The second-order valence-corrected chi connectivity index (χ2v) is 3.16. The smallest absolute Gasteiger partial charge is 0.130 e. The molecule has 0 aliphatic heterocycles. The fraction of sp³-hybridized carbons (Fsp3) is 0.556. The van der Waals surface area contributed by atoms with E-state index >= 15 is 0 Å². The lowest BCUT2D eigenvalue weighted by Crippen LogP contribution is -2.04. The van der Waals surface area contributed by atoms with Crippen LogP contribution in [0, 0.1) is 0 Å². The second kappa shape index (κ2) is 2.73. The number of fused-ring (bicyclic) bond motifs is 1. The first-order chi connectivity index (χ1) is 5.81. The number of nitrogens with zero attached hydrogens (tertiary/aromatic N) is 2. The van der Waals surface area contributed by atoms with E-state index in [9.17, 15) is 0 Å². The van der Waals surface area contributed by atoms with Gasteiger partial charge in [0.2, 0.25) is 0 Å². The van der Waals surface area contributed by atoms with Crippen molar-refractivity contribution in [3.05, 3.63) is 17.1 Å². The van der Waals surface area contributed by atoms with E-state index < -0.39 is 0 Å². The molecule has 0 spiro atoms. The molecule has 1 aromatic heterocycles. The normalized spacial score (nSPS) is 14.8. The van der Waals surface area contributed by atoms with Crippen molar-refractivity contribution in [1.82, 2.24) is 9.97 Å². The highest BCUT2D eigenvalue weighted by Gasteiger charge is 2.16. The van der Waals surface area contributed by atoms with E-state index in [1.54, 1.807) is 0 Å². The number of anilines is 1. The zero-order valence-electron chi connectivity index (χ0n) is 7.30. The molecule has 1 aliphatic rings. The number of hydrogen-bond donors (Lipinski definition) is 1. The van der Waals surface area contributed by atoms with Crippen molar-refractivity contribution in [3.8, 4) is 0 Å². The Morgan fingerprint density at radius 2 is 2.17 bits per heavy atom. The van der Waals surface area contributed by atoms with Crippen LogP contribution in [0.4, 0.5) is 5.82 Å². The Kier molecular flexibility index (Phi) is 1.71. The molecule has 0 radical (unpaired) electrons. The minimum Gasteiger partial charge on any atom is -0.383 e. The molecule has 1 aliphatic carbocycles. The first-order valence-electron chi connectivity index (χ1n) is 4.45. The Labute approximate surface area is 72.0 Å². The van der Waals surface area contributed by atoms with Gasteiger partial charge in [0.05, 0.1) is 0 Å². The van der Waals surface area contributed by atoms with Crippen molar-refractivity contribution in [2.75, 3.05) is 5.73 Å². The van der Waals surface area contributed by atoms with Crippen molar-refractivity contribution < 1.29 is 0 Å². The van der Waals surface area contributed by atoms with Crippen LogP contribution in [-0.2, 0) is 19.3 Å². The molecular weight excluding hydrogens is 150 g/mol. The average molecular weight is 163 g/mol. The molecule has 0 bridgehead atoms. The van der Waals surface area contributed by atoms with Gasteiger partial charge >= 0.3 is 0 Å². The third-order valence-electron chi connectivity index (χ3n) is 2.33. The van der Waals surface area contributed by atoms with Crippen LogP contribution in [-0.4, -0.2) is 9.97 Å². The van der Waals surface area contributed by atoms with E-state index in [-0.39, 0.29) is 0 Å².